The number of carbonyl (C=O) groups excluding carboxylic acids is 2. The van der Waals surface area contributed by atoms with Crippen LogP contribution in [0.5, 0.6) is 5.75 Å². The maximum atomic E-state index is 12.8. The number of aromatic nitrogens is 1. The van der Waals surface area contributed by atoms with Crippen LogP contribution in [0.15, 0.2) is 54.7 Å². The van der Waals surface area contributed by atoms with Gasteiger partial charge in [0, 0.05) is 41.3 Å². The molecule has 1 saturated heterocycles. The molecule has 0 saturated carbocycles. The normalized spacial score (nSPS) is 15.6. The van der Waals surface area contributed by atoms with Crippen molar-refractivity contribution in [3.8, 4) is 5.75 Å². The van der Waals surface area contributed by atoms with E-state index in [0.29, 0.717) is 41.3 Å². The lowest BCUT2D eigenvalue weighted by Crippen LogP contribution is -2.47. The number of nitrogens with zero attached hydrogens (tertiary/aromatic N) is 1. The summed E-state index contributed by atoms with van der Waals surface area (Å²) in [4.78, 5) is 30.5. The summed E-state index contributed by atoms with van der Waals surface area (Å²) in [5.41, 5.74) is 1.43. The second-order valence-electron chi connectivity index (χ2n) is 9.11. The van der Waals surface area contributed by atoms with Gasteiger partial charge in [0.2, 0.25) is 0 Å². The number of para-hydroxylation sites is 1. The third-order valence-corrected chi connectivity index (χ3v) is 6.51. The molecule has 1 unspecified atom stereocenters. The zero-order chi connectivity index (χ0) is 23.4. The number of halogens is 1. The summed E-state index contributed by atoms with van der Waals surface area (Å²) in [5.74, 6) is 1.21. The van der Waals surface area contributed by atoms with Gasteiger partial charge in [-0.15, -0.1) is 0 Å². The number of carbonyl (C=O) groups is 2. The van der Waals surface area contributed by atoms with E-state index in [1.165, 1.54) is 0 Å². The zero-order valence-corrected chi connectivity index (χ0v) is 19.8. The molecule has 0 radical (unpaired) electrons. The van der Waals surface area contributed by atoms with Gasteiger partial charge in [-0.3, -0.25) is 4.79 Å². The Morgan fingerprint density at radius 1 is 1.12 bits per heavy atom. The smallest absolute Gasteiger partial charge is 0.408 e. The summed E-state index contributed by atoms with van der Waals surface area (Å²) in [6.07, 6.45) is 4.03. The second-order valence-corrected chi connectivity index (χ2v) is 9.54. The first-order chi connectivity index (χ1) is 15.9. The molecule has 2 heterocycles. The van der Waals surface area contributed by atoms with Crippen LogP contribution in [0, 0.1) is 11.8 Å². The number of hydrogen-bond acceptors (Lipinski definition) is 3. The molecule has 1 fully saturated rings. The van der Waals surface area contributed by atoms with E-state index in [9.17, 15) is 9.59 Å². The third-order valence-electron chi connectivity index (χ3n) is 6.26. The van der Waals surface area contributed by atoms with Crippen molar-refractivity contribution in [2.75, 3.05) is 13.1 Å². The number of hydrogen-bond donors (Lipinski definition) is 2. The molecule has 3 aromatic rings. The molecule has 4 rings (SSSR count). The highest BCUT2D eigenvalue weighted by Crippen LogP contribution is 2.28. The van der Waals surface area contributed by atoms with Gasteiger partial charge in [-0.1, -0.05) is 37.6 Å². The van der Waals surface area contributed by atoms with Crippen molar-refractivity contribution >= 4 is 34.5 Å². The highest BCUT2D eigenvalue weighted by atomic mass is 35.5. The molecule has 2 aromatic carbocycles. The highest BCUT2D eigenvalue weighted by molar-refractivity contribution is 6.30. The van der Waals surface area contributed by atoms with Gasteiger partial charge in [0.15, 0.2) is 5.75 Å². The van der Waals surface area contributed by atoms with E-state index in [4.69, 9.17) is 16.3 Å². The lowest BCUT2D eigenvalue weighted by atomic mass is 9.85. The van der Waals surface area contributed by atoms with Crippen LogP contribution in [-0.4, -0.2) is 41.0 Å². The van der Waals surface area contributed by atoms with Crippen LogP contribution in [0.1, 0.15) is 43.5 Å². The Balaban J connectivity index is 1.36. The number of benzene rings is 2. The summed E-state index contributed by atoms with van der Waals surface area (Å²) in [6.45, 7) is 5.54. The molecule has 0 spiro atoms. The molecule has 1 aliphatic rings. The summed E-state index contributed by atoms with van der Waals surface area (Å²) in [7, 11) is 0. The average Bonchev–Trinajstić information content (AvgIpc) is 3.29. The predicted molar refractivity (Wildman–Crippen MR) is 131 cm³/mol. The van der Waals surface area contributed by atoms with Crippen LogP contribution in [-0.2, 0) is 0 Å². The first-order valence-electron chi connectivity index (χ1n) is 11.5. The van der Waals surface area contributed by atoms with Gasteiger partial charge >= 0.3 is 6.09 Å². The van der Waals surface area contributed by atoms with Gasteiger partial charge in [0.25, 0.3) is 5.91 Å². The molecule has 7 heteroatoms. The average molecular weight is 468 g/mol. The molecule has 33 heavy (non-hydrogen) atoms. The maximum Gasteiger partial charge on any atom is 0.415 e. The molecule has 0 bridgehead atoms. The van der Waals surface area contributed by atoms with Crippen molar-refractivity contribution in [1.82, 2.24) is 15.2 Å². The van der Waals surface area contributed by atoms with Crippen LogP contribution >= 0.6 is 11.6 Å². The number of piperidine rings is 1. The standard InChI is InChI=1S/C26H30ClN3O3/c1-17(2)16-22(29-25(31)20-6-8-21(27)9-7-20)18-11-14-30(15-12-18)26(32)33-23-5-3-4-19-10-13-28-24(19)23/h3-10,13,17-18,22,28H,11-12,14-16H2,1-2H3,(H,29,31). The molecule has 6 nitrogen and oxygen atoms in total. The molecular weight excluding hydrogens is 438 g/mol. The second kappa shape index (κ2) is 10.3. The number of ether oxygens (including phenoxy) is 1. The van der Waals surface area contributed by atoms with E-state index in [0.717, 1.165) is 30.2 Å². The molecule has 1 aliphatic heterocycles. The van der Waals surface area contributed by atoms with Crippen LogP contribution in [0.4, 0.5) is 4.79 Å². The van der Waals surface area contributed by atoms with E-state index >= 15 is 0 Å². The van der Waals surface area contributed by atoms with Gasteiger partial charge in [-0.2, -0.15) is 0 Å². The Morgan fingerprint density at radius 3 is 2.55 bits per heavy atom. The summed E-state index contributed by atoms with van der Waals surface area (Å²) < 4.78 is 5.69. The van der Waals surface area contributed by atoms with Crippen molar-refractivity contribution in [3.05, 3.63) is 65.3 Å². The van der Waals surface area contributed by atoms with E-state index in [1.807, 2.05) is 24.4 Å². The van der Waals surface area contributed by atoms with Crippen molar-refractivity contribution < 1.29 is 14.3 Å². The fraction of sp³-hybridized carbons (Fsp3) is 0.385. The fourth-order valence-corrected chi connectivity index (χ4v) is 4.64. The minimum Gasteiger partial charge on any atom is -0.408 e. The number of amides is 2. The summed E-state index contributed by atoms with van der Waals surface area (Å²) in [6, 6.07) is 14.6. The SMILES string of the molecule is CC(C)CC(NC(=O)c1ccc(Cl)cc1)C1CCN(C(=O)Oc2cccc3cc[nH]c23)CC1. The first kappa shape index (κ1) is 23.2. The molecule has 1 aromatic heterocycles. The Kier molecular flexibility index (Phi) is 7.23. The molecule has 2 amide bonds. The minimum absolute atomic E-state index is 0.0546. The topological polar surface area (TPSA) is 74.4 Å². The van der Waals surface area contributed by atoms with Crippen molar-refractivity contribution in [2.24, 2.45) is 11.8 Å². The maximum absolute atomic E-state index is 12.8. The van der Waals surface area contributed by atoms with Gasteiger partial charge in [0.05, 0.1) is 5.52 Å². The number of aromatic amines is 1. The van der Waals surface area contributed by atoms with Gasteiger partial charge in [-0.25, -0.2) is 4.79 Å². The number of fused-ring (bicyclic) bond motifs is 1. The number of H-pyrrole nitrogens is 1. The van der Waals surface area contributed by atoms with Crippen molar-refractivity contribution in [1.29, 1.82) is 0 Å². The fourth-order valence-electron chi connectivity index (χ4n) is 4.51. The molecular formula is C26H30ClN3O3. The van der Waals surface area contributed by atoms with E-state index in [1.54, 1.807) is 35.2 Å². The van der Waals surface area contributed by atoms with Crippen LogP contribution in [0.3, 0.4) is 0 Å². The Bertz CT molecular complexity index is 1100. The quantitative estimate of drug-likeness (QED) is 0.475. The number of rotatable bonds is 6. The summed E-state index contributed by atoms with van der Waals surface area (Å²) >= 11 is 5.95. The van der Waals surface area contributed by atoms with E-state index in [-0.39, 0.29) is 18.0 Å². The van der Waals surface area contributed by atoms with Crippen LogP contribution in [0.2, 0.25) is 5.02 Å². The van der Waals surface area contributed by atoms with E-state index in [2.05, 4.69) is 24.1 Å². The third kappa shape index (κ3) is 5.69. The highest BCUT2D eigenvalue weighted by Gasteiger charge is 2.31. The number of nitrogens with one attached hydrogen (secondary N) is 2. The van der Waals surface area contributed by atoms with Gasteiger partial charge in [-0.05, 0) is 67.5 Å². The minimum atomic E-state index is -0.332. The lowest BCUT2D eigenvalue weighted by Gasteiger charge is -2.36. The first-order valence-corrected chi connectivity index (χ1v) is 11.9. The predicted octanol–water partition coefficient (Wildman–Crippen LogP) is 5.88. The van der Waals surface area contributed by atoms with Gasteiger partial charge < -0.3 is 19.9 Å². The lowest BCUT2D eigenvalue weighted by molar-refractivity contribution is 0.0871. The Morgan fingerprint density at radius 2 is 1.85 bits per heavy atom. The Labute approximate surface area is 199 Å². The Hall–Kier alpha value is -2.99. The molecule has 0 aliphatic carbocycles. The number of likely N-dealkylation sites (tertiary alicyclic amines) is 1. The van der Waals surface area contributed by atoms with Gasteiger partial charge in [0.1, 0.15) is 0 Å². The largest absolute Gasteiger partial charge is 0.415 e. The van der Waals surface area contributed by atoms with Crippen molar-refractivity contribution in [3.63, 3.8) is 0 Å². The van der Waals surface area contributed by atoms with Crippen molar-refractivity contribution in [2.45, 2.75) is 39.2 Å². The summed E-state index contributed by atoms with van der Waals surface area (Å²) in [5, 5.41) is 4.85. The monoisotopic (exact) mass is 467 g/mol. The zero-order valence-electron chi connectivity index (χ0n) is 19.0. The van der Waals surface area contributed by atoms with Crippen LogP contribution in [0.25, 0.3) is 10.9 Å². The molecule has 174 valence electrons. The van der Waals surface area contributed by atoms with Crippen LogP contribution < -0.4 is 10.1 Å². The molecule has 2 N–H and O–H groups in total. The molecule has 1 atom stereocenters. The van der Waals surface area contributed by atoms with E-state index < -0.39 is 0 Å².